The van der Waals surface area contributed by atoms with Gasteiger partial charge in [0.2, 0.25) is 5.79 Å². The van der Waals surface area contributed by atoms with Gasteiger partial charge in [0.15, 0.2) is 5.16 Å². The normalized spacial score (nSPS) is 11.7. The van der Waals surface area contributed by atoms with Crippen molar-refractivity contribution in [3.05, 3.63) is 18.0 Å². The molecule has 0 fully saturated rings. The van der Waals surface area contributed by atoms with Gasteiger partial charge in [-0.1, -0.05) is 11.8 Å². The topological polar surface area (TPSA) is 70.3 Å². The van der Waals surface area contributed by atoms with Crippen LogP contribution in [-0.2, 0) is 15.3 Å². The summed E-state index contributed by atoms with van der Waals surface area (Å²) in [6, 6.07) is 1.74. The van der Waals surface area contributed by atoms with E-state index in [-0.39, 0.29) is 6.54 Å². The van der Waals surface area contributed by atoms with Gasteiger partial charge in [-0.2, -0.15) is 0 Å². The number of aromatic nitrogens is 2. The maximum Gasteiger partial charge on any atom is 0.224 e. The highest BCUT2D eigenvalue weighted by molar-refractivity contribution is 7.98. The molecular weight excluding hydrogens is 214 g/mol. The highest BCUT2D eigenvalue weighted by atomic mass is 32.2. The second kappa shape index (κ2) is 5.41. The number of hydrogen-bond donors (Lipinski definition) is 1. The van der Waals surface area contributed by atoms with Crippen LogP contribution in [0.4, 0.5) is 0 Å². The van der Waals surface area contributed by atoms with E-state index < -0.39 is 5.79 Å². The number of methoxy groups -OCH3 is 2. The molecule has 0 aromatic carbocycles. The van der Waals surface area contributed by atoms with Crippen molar-refractivity contribution >= 4 is 11.8 Å². The van der Waals surface area contributed by atoms with Gasteiger partial charge >= 0.3 is 0 Å². The number of rotatable bonds is 5. The summed E-state index contributed by atoms with van der Waals surface area (Å²) in [6.07, 6.45) is 3.57. The van der Waals surface area contributed by atoms with Crippen molar-refractivity contribution in [2.45, 2.75) is 10.9 Å². The highest BCUT2D eigenvalue weighted by Gasteiger charge is 2.32. The maximum atomic E-state index is 5.64. The van der Waals surface area contributed by atoms with Crippen LogP contribution in [0.25, 0.3) is 0 Å². The highest BCUT2D eigenvalue weighted by Crippen LogP contribution is 2.23. The van der Waals surface area contributed by atoms with E-state index in [0.717, 1.165) is 0 Å². The third-order valence-corrected chi connectivity index (χ3v) is 2.70. The Labute approximate surface area is 93.4 Å². The molecular formula is C9H15N3O2S. The van der Waals surface area contributed by atoms with Crippen LogP contribution in [0.15, 0.2) is 17.4 Å². The van der Waals surface area contributed by atoms with E-state index in [2.05, 4.69) is 9.97 Å². The average molecular weight is 229 g/mol. The fourth-order valence-corrected chi connectivity index (χ4v) is 1.57. The van der Waals surface area contributed by atoms with Gasteiger partial charge < -0.3 is 15.2 Å². The van der Waals surface area contributed by atoms with Crippen molar-refractivity contribution in [1.29, 1.82) is 0 Å². The molecule has 1 rings (SSSR count). The predicted octanol–water partition coefficient (Wildman–Crippen LogP) is 0.603. The first-order chi connectivity index (χ1) is 7.22. The fourth-order valence-electron chi connectivity index (χ4n) is 1.22. The Kier molecular flexibility index (Phi) is 4.46. The van der Waals surface area contributed by atoms with E-state index in [4.69, 9.17) is 15.2 Å². The monoisotopic (exact) mass is 229 g/mol. The lowest BCUT2D eigenvalue weighted by Crippen LogP contribution is -2.39. The smallest absolute Gasteiger partial charge is 0.224 e. The minimum atomic E-state index is -0.979. The van der Waals surface area contributed by atoms with Crippen molar-refractivity contribution < 1.29 is 9.47 Å². The lowest BCUT2D eigenvalue weighted by molar-refractivity contribution is -0.210. The first-order valence-corrected chi connectivity index (χ1v) is 5.62. The Hall–Kier alpha value is -0.690. The van der Waals surface area contributed by atoms with Gasteiger partial charge in [0, 0.05) is 20.4 Å². The van der Waals surface area contributed by atoms with E-state index in [0.29, 0.717) is 10.9 Å². The van der Waals surface area contributed by atoms with Gasteiger partial charge in [0.05, 0.1) is 6.54 Å². The molecule has 0 radical (unpaired) electrons. The third kappa shape index (κ3) is 2.46. The van der Waals surface area contributed by atoms with Crippen LogP contribution in [0, 0.1) is 0 Å². The summed E-state index contributed by atoms with van der Waals surface area (Å²) < 4.78 is 10.6. The molecule has 1 aromatic heterocycles. The number of hydrogen-bond acceptors (Lipinski definition) is 6. The molecule has 0 aliphatic rings. The number of nitrogens with zero attached hydrogens (tertiary/aromatic N) is 2. The van der Waals surface area contributed by atoms with Crippen LogP contribution in [0.2, 0.25) is 0 Å². The maximum absolute atomic E-state index is 5.64. The van der Waals surface area contributed by atoms with Crippen LogP contribution in [0.5, 0.6) is 0 Å². The quantitative estimate of drug-likeness (QED) is 0.453. The van der Waals surface area contributed by atoms with Crippen molar-refractivity contribution in [3.8, 4) is 0 Å². The van der Waals surface area contributed by atoms with Crippen molar-refractivity contribution in [2.75, 3.05) is 27.0 Å². The number of ether oxygens (including phenoxy) is 2. The molecule has 15 heavy (non-hydrogen) atoms. The molecule has 0 bridgehead atoms. The molecule has 5 nitrogen and oxygen atoms in total. The minimum Gasteiger partial charge on any atom is -0.347 e. The Morgan fingerprint density at radius 3 is 2.60 bits per heavy atom. The van der Waals surface area contributed by atoms with Gasteiger partial charge in [-0.3, -0.25) is 0 Å². The lowest BCUT2D eigenvalue weighted by atomic mass is 10.2. The van der Waals surface area contributed by atoms with Gasteiger partial charge in [-0.25, -0.2) is 9.97 Å². The SMILES string of the molecule is COC(CN)(OC)c1ccnc(SC)n1. The fraction of sp³-hybridized carbons (Fsp3) is 0.556. The minimum absolute atomic E-state index is 0.199. The zero-order valence-electron chi connectivity index (χ0n) is 9.06. The summed E-state index contributed by atoms with van der Waals surface area (Å²) in [5.41, 5.74) is 6.27. The molecule has 0 saturated heterocycles. The summed E-state index contributed by atoms with van der Waals surface area (Å²) >= 11 is 1.46. The van der Waals surface area contributed by atoms with E-state index in [9.17, 15) is 0 Å². The standard InChI is InChI=1S/C9H15N3O2S/c1-13-9(6-10,14-2)7-4-5-11-8(12-7)15-3/h4-5H,6,10H2,1-3H3. The summed E-state index contributed by atoms with van der Waals surface area (Å²) in [7, 11) is 3.08. The van der Waals surface area contributed by atoms with Gasteiger partial charge in [-0.05, 0) is 12.3 Å². The predicted molar refractivity (Wildman–Crippen MR) is 58.6 cm³/mol. The Balaban J connectivity index is 3.10. The first-order valence-electron chi connectivity index (χ1n) is 4.40. The van der Waals surface area contributed by atoms with Crippen LogP contribution in [0.1, 0.15) is 5.69 Å². The van der Waals surface area contributed by atoms with E-state index >= 15 is 0 Å². The molecule has 0 unspecified atom stereocenters. The molecule has 6 heteroatoms. The average Bonchev–Trinajstić information content (AvgIpc) is 2.32. The molecule has 2 N–H and O–H groups in total. The molecule has 1 heterocycles. The van der Waals surface area contributed by atoms with Gasteiger partial charge in [0.25, 0.3) is 0 Å². The molecule has 84 valence electrons. The molecule has 0 aliphatic heterocycles. The van der Waals surface area contributed by atoms with Crippen molar-refractivity contribution in [2.24, 2.45) is 5.73 Å². The number of thioether (sulfide) groups is 1. The van der Waals surface area contributed by atoms with E-state index in [1.807, 2.05) is 6.26 Å². The molecule has 0 spiro atoms. The summed E-state index contributed by atoms with van der Waals surface area (Å²) in [5.74, 6) is -0.979. The zero-order chi connectivity index (χ0) is 11.3. The molecule has 0 amide bonds. The van der Waals surface area contributed by atoms with Crippen LogP contribution in [0.3, 0.4) is 0 Å². The zero-order valence-corrected chi connectivity index (χ0v) is 9.87. The van der Waals surface area contributed by atoms with Gasteiger partial charge in [-0.15, -0.1) is 0 Å². The summed E-state index contributed by atoms with van der Waals surface area (Å²) in [4.78, 5) is 8.37. The first kappa shape index (κ1) is 12.4. The van der Waals surface area contributed by atoms with E-state index in [1.165, 1.54) is 26.0 Å². The summed E-state index contributed by atoms with van der Waals surface area (Å²) in [6.45, 7) is 0.199. The lowest BCUT2D eigenvalue weighted by Gasteiger charge is -2.28. The third-order valence-electron chi connectivity index (χ3n) is 2.13. The van der Waals surface area contributed by atoms with Crippen molar-refractivity contribution in [1.82, 2.24) is 9.97 Å². The Bertz CT molecular complexity index is 310. The summed E-state index contributed by atoms with van der Waals surface area (Å²) in [5, 5.41) is 0.666. The van der Waals surface area contributed by atoms with Crippen LogP contribution in [-0.4, -0.2) is 37.0 Å². The Morgan fingerprint density at radius 2 is 2.13 bits per heavy atom. The van der Waals surface area contributed by atoms with Crippen LogP contribution < -0.4 is 5.73 Å². The second-order valence-electron chi connectivity index (χ2n) is 2.79. The molecule has 0 atom stereocenters. The Morgan fingerprint density at radius 1 is 1.47 bits per heavy atom. The second-order valence-corrected chi connectivity index (χ2v) is 3.57. The molecule has 1 aromatic rings. The van der Waals surface area contributed by atoms with E-state index in [1.54, 1.807) is 12.3 Å². The number of nitrogens with two attached hydrogens (primary N) is 1. The largest absolute Gasteiger partial charge is 0.347 e. The molecule has 0 saturated carbocycles. The van der Waals surface area contributed by atoms with Crippen molar-refractivity contribution in [3.63, 3.8) is 0 Å². The van der Waals surface area contributed by atoms with Crippen LogP contribution >= 0.6 is 11.8 Å². The molecule has 0 aliphatic carbocycles. The van der Waals surface area contributed by atoms with Gasteiger partial charge in [0.1, 0.15) is 5.69 Å².